The Hall–Kier alpha value is -2.58. The average molecular weight is 377 g/mol. The molecule has 27 heavy (non-hydrogen) atoms. The molecule has 1 fully saturated rings. The molecule has 2 aliphatic heterocycles. The number of nitrogens with zero attached hydrogens (tertiary/aromatic N) is 2. The first-order valence-corrected chi connectivity index (χ1v) is 8.97. The van der Waals surface area contributed by atoms with Gasteiger partial charge < -0.3 is 30.5 Å². The van der Waals surface area contributed by atoms with Gasteiger partial charge >= 0.3 is 11.9 Å². The Kier molecular flexibility index (Phi) is 7.63. The van der Waals surface area contributed by atoms with Crippen molar-refractivity contribution in [2.24, 2.45) is 5.73 Å². The average Bonchev–Trinajstić information content (AvgIpc) is 3.03. The van der Waals surface area contributed by atoms with E-state index in [9.17, 15) is 9.59 Å². The number of benzene rings is 1. The summed E-state index contributed by atoms with van der Waals surface area (Å²) in [5.74, 6) is -2.51. The molecule has 4 N–H and O–H groups in total. The van der Waals surface area contributed by atoms with Gasteiger partial charge in [0.15, 0.2) is 0 Å². The van der Waals surface area contributed by atoms with Gasteiger partial charge in [-0.2, -0.15) is 0 Å². The Morgan fingerprint density at radius 3 is 2.37 bits per heavy atom. The van der Waals surface area contributed by atoms with Crippen molar-refractivity contribution in [2.75, 3.05) is 49.2 Å². The van der Waals surface area contributed by atoms with Crippen LogP contribution in [0.25, 0.3) is 0 Å². The number of fused-ring (bicyclic) bond motifs is 1. The maximum absolute atomic E-state index is 9.55. The highest BCUT2D eigenvalue weighted by Crippen LogP contribution is 2.32. The van der Waals surface area contributed by atoms with Crippen molar-refractivity contribution in [1.82, 2.24) is 0 Å². The van der Waals surface area contributed by atoms with E-state index in [2.05, 4.69) is 34.9 Å². The molecule has 1 saturated heterocycles. The molecule has 0 bridgehead atoms. The Morgan fingerprint density at radius 1 is 1.19 bits per heavy atom. The van der Waals surface area contributed by atoms with Gasteiger partial charge in [-0.15, -0.1) is 0 Å². The van der Waals surface area contributed by atoms with Gasteiger partial charge in [0.05, 0.1) is 13.2 Å². The first-order chi connectivity index (χ1) is 12.9. The molecule has 0 aromatic heterocycles. The van der Waals surface area contributed by atoms with Crippen molar-refractivity contribution in [1.29, 1.82) is 0 Å². The lowest BCUT2D eigenvalue weighted by atomic mass is 10.1. The van der Waals surface area contributed by atoms with Crippen molar-refractivity contribution >= 4 is 23.3 Å². The molecule has 1 atom stereocenters. The number of ether oxygens (including phenoxy) is 1. The van der Waals surface area contributed by atoms with Crippen LogP contribution in [0.1, 0.15) is 12.5 Å². The fourth-order valence-corrected chi connectivity index (χ4v) is 3.13. The van der Waals surface area contributed by atoms with Crippen molar-refractivity contribution in [3.63, 3.8) is 0 Å². The second kappa shape index (κ2) is 9.94. The first-order valence-electron chi connectivity index (χ1n) is 8.97. The predicted molar refractivity (Wildman–Crippen MR) is 103 cm³/mol. The van der Waals surface area contributed by atoms with Gasteiger partial charge in [0.2, 0.25) is 0 Å². The smallest absolute Gasteiger partial charge is 0.328 e. The predicted octanol–water partition coefficient (Wildman–Crippen LogP) is 0.945. The Balaban J connectivity index is 0.000000279. The fourth-order valence-electron chi connectivity index (χ4n) is 3.13. The highest BCUT2D eigenvalue weighted by atomic mass is 16.5. The number of aliphatic carboxylic acids is 2. The second-order valence-corrected chi connectivity index (χ2v) is 6.60. The van der Waals surface area contributed by atoms with Gasteiger partial charge in [-0.05, 0) is 31.0 Å². The van der Waals surface area contributed by atoms with Crippen LogP contribution in [0.2, 0.25) is 0 Å². The van der Waals surface area contributed by atoms with Crippen LogP contribution in [-0.2, 0) is 20.7 Å². The first kappa shape index (κ1) is 20.7. The Morgan fingerprint density at radius 2 is 1.81 bits per heavy atom. The van der Waals surface area contributed by atoms with E-state index in [4.69, 9.17) is 20.7 Å². The molecule has 2 heterocycles. The van der Waals surface area contributed by atoms with E-state index in [-0.39, 0.29) is 6.04 Å². The number of hydrogen-bond acceptors (Lipinski definition) is 6. The van der Waals surface area contributed by atoms with Gasteiger partial charge in [0.25, 0.3) is 0 Å². The zero-order valence-corrected chi connectivity index (χ0v) is 15.5. The van der Waals surface area contributed by atoms with Crippen LogP contribution in [0.15, 0.2) is 30.4 Å². The molecule has 2 aliphatic rings. The summed E-state index contributed by atoms with van der Waals surface area (Å²) in [7, 11) is 0. The molecular formula is C19H27N3O5. The summed E-state index contributed by atoms with van der Waals surface area (Å²) in [5.41, 5.74) is 10.1. The second-order valence-electron chi connectivity index (χ2n) is 6.60. The van der Waals surface area contributed by atoms with Crippen LogP contribution >= 0.6 is 0 Å². The number of morpholine rings is 1. The lowest BCUT2D eigenvalue weighted by Crippen LogP contribution is -2.36. The van der Waals surface area contributed by atoms with Gasteiger partial charge in [0, 0.05) is 55.7 Å². The molecule has 0 saturated carbocycles. The molecule has 8 heteroatoms. The van der Waals surface area contributed by atoms with Crippen molar-refractivity contribution in [2.45, 2.75) is 19.4 Å². The normalized spacial score (nSPS) is 17.3. The fraction of sp³-hybridized carbons (Fsp3) is 0.474. The molecule has 8 nitrogen and oxygen atoms in total. The van der Waals surface area contributed by atoms with E-state index < -0.39 is 11.9 Å². The summed E-state index contributed by atoms with van der Waals surface area (Å²) in [4.78, 5) is 23.9. The minimum absolute atomic E-state index is 0.220. The maximum atomic E-state index is 9.55. The third-order valence-corrected chi connectivity index (χ3v) is 4.31. The van der Waals surface area contributed by atoms with E-state index in [1.165, 1.54) is 16.9 Å². The van der Waals surface area contributed by atoms with E-state index in [0.29, 0.717) is 12.2 Å². The van der Waals surface area contributed by atoms with Crippen LogP contribution in [0.3, 0.4) is 0 Å². The zero-order valence-electron chi connectivity index (χ0n) is 15.5. The maximum Gasteiger partial charge on any atom is 0.328 e. The third-order valence-electron chi connectivity index (χ3n) is 4.31. The van der Waals surface area contributed by atoms with Gasteiger partial charge in [-0.1, -0.05) is 6.07 Å². The number of carbonyl (C=O) groups is 2. The third kappa shape index (κ3) is 6.58. The highest BCUT2D eigenvalue weighted by Gasteiger charge is 2.21. The lowest BCUT2D eigenvalue weighted by Gasteiger charge is -2.30. The molecule has 1 aromatic rings. The van der Waals surface area contributed by atoms with Crippen LogP contribution in [0.4, 0.5) is 11.4 Å². The van der Waals surface area contributed by atoms with Gasteiger partial charge in [-0.25, -0.2) is 9.59 Å². The minimum Gasteiger partial charge on any atom is -0.478 e. The largest absolute Gasteiger partial charge is 0.478 e. The Bertz CT molecular complexity index is 668. The number of rotatable bonds is 5. The highest BCUT2D eigenvalue weighted by molar-refractivity contribution is 5.89. The van der Waals surface area contributed by atoms with Crippen LogP contribution < -0.4 is 15.5 Å². The minimum atomic E-state index is -1.26. The molecule has 0 spiro atoms. The molecule has 0 radical (unpaired) electrons. The van der Waals surface area contributed by atoms with Crippen molar-refractivity contribution in [3.05, 3.63) is 35.9 Å². The monoisotopic (exact) mass is 377 g/mol. The van der Waals surface area contributed by atoms with E-state index >= 15 is 0 Å². The van der Waals surface area contributed by atoms with Gasteiger partial charge in [0.1, 0.15) is 0 Å². The number of anilines is 2. The van der Waals surface area contributed by atoms with Crippen LogP contribution in [0, 0.1) is 0 Å². The van der Waals surface area contributed by atoms with E-state index in [1.807, 2.05) is 0 Å². The molecule has 3 rings (SSSR count). The zero-order chi connectivity index (χ0) is 19.8. The number of carboxylic acids is 2. The number of carboxylic acid groups (broad SMARTS) is 2. The molecule has 1 unspecified atom stereocenters. The van der Waals surface area contributed by atoms with Crippen LogP contribution in [0.5, 0.6) is 0 Å². The summed E-state index contributed by atoms with van der Waals surface area (Å²) in [6, 6.07) is 7.08. The summed E-state index contributed by atoms with van der Waals surface area (Å²) < 4.78 is 5.42. The molecule has 1 aromatic carbocycles. The molecule has 0 aliphatic carbocycles. The van der Waals surface area contributed by atoms with Crippen LogP contribution in [-0.4, -0.2) is 67.6 Å². The topological polar surface area (TPSA) is 116 Å². The summed E-state index contributed by atoms with van der Waals surface area (Å²) >= 11 is 0. The molecule has 0 amide bonds. The lowest BCUT2D eigenvalue weighted by molar-refractivity contribution is -0.134. The summed E-state index contributed by atoms with van der Waals surface area (Å²) in [5, 5.41) is 15.6. The number of hydrogen-bond donors (Lipinski definition) is 3. The van der Waals surface area contributed by atoms with Crippen molar-refractivity contribution in [3.8, 4) is 0 Å². The standard InChI is InChI=1S/C15H23N3O.C4H4O4/c1-12(16)11-18-5-4-13-2-3-14(10-15(13)18)17-6-8-19-9-7-17;5-3(6)1-2-4(7)8/h2-3,10,12H,4-9,11,16H2,1H3;1-2H,(H,5,6)(H,7,8). The molecular weight excluding hydrogens is 350 g/mol. The van der Waals surface area contributed by atoms with Crippen molar-refractivity contribution < 1.29 is 24.5 Å². The van der Waals surface area contributed by atoms with E-state index in [0.717, 1.165) is 45.8 Å². The Labute approximate surface area is 158 Å². The molecule has 148 valence electrons. The van der Waals surface area contributed by atoms with E-state index in [1.54, 1.807) is 0 Å². The summed E-state index contributed by atoms with van der Waals surface area (Å²) in [6.45, 7) is 7.77. The van der Waals surface area contributed by atoms with Gasteiger partial charge in [-0.3, -0.25) is 0 Å². The summed E-state index contributed by atoms with van der Waals surface area (Å²) in [6.07, 6.45) is 2.26. The number of nitrogens with two attached hydrogens (primary N) is 1. The quantitative estimate of drug-likeness (QED) is 0.650. The SMILES string of the molecule is CC(N)CN1CCc2ccc(N3CCOCC3)cc21.O=C(O)C=CC(=O)O.